The second kappa shape index (κ2) is 5.25. The van der Waals surface area contributed by atoms with Crippen molar-refractivity contribution >= 4 is 17.5 Å². The van der Waals surface area contributed by atoms with Crippen molar-refractivity contribution in [1.82, 2.24) is 0 Å². The highest BCUT2D eigenvalue weighted by atomic mass is 16.1. The van der Waals surface area contributed by atoms with Crippen LogP contribution < -0.4 is 4.90 Å². The van der Waals surface area contributed by atoms with E-state index in [9.17, 15) is 15.3 Å². The summed E-state index contributed by atoms with van der Waals surface area (Å²) in [5.41, 5.74) is 0.733. The Kier molecular flexibility index (Phi) is 3.49. The Bertz CT molecular complexity index is 752. The van der Waals surface area contributed by atoms with Gasteiger partial charge in [-0.25, -0.2) is 0 Å². The number of Topliss-reactive ketones (excluding diaryl/α,β-unsaturated/α-hetero) is 1. The van der Waals surface area contributed by atoms with Crippen molar-refractivity contribution in [2.24, 2.45) is 17.3 Å². The van der Waals surface area contributed by atoms with E-state index < -0.39 is 17.5 Å². The molecule has 0 aromatic heterocycles. The topological polar surface area (TPSA) is 67.9 Å². The van der Waals surface area contributed by atoms with Crippen molar-refractivity contribution < 1.29 is 4.79 Å². The fraction of sp³-hybridized carbons (Fsp3) is 0.421. The Morgan fingerprint density at radius 2 is 1.91 bits per heavy atom. The van der Waals surface area contributed by atoms with E-state index >= 15 is 0 Å². The van der Waals surface area contributed by atoms with E-state index in [1.807, 2.05) is 55.2 Å². The molecule has 1 aromatic rings. The van der Waals surface area contributed by atoms with Crippen molar-refractivity contribution in [2.75, 3.05) is 4.90 Å². The van der Waals surface area contributed by atoms with Gasteiger partial charge in [0.2, 0.25) is 0 Å². The number of nitrogens with zero attached hydrogens (tertiary/aromatic N) is 3. The first-order chi connectivity index (χ1) is 11.0. The number of nitriles is 2. The average Bonchev–Trinajstić information content (AvgIpc) is 2.86. The van der Waals surface area contributed by atoms with Gasteiger partial charge < -0.3 is 4.90 Å². The number of benzene rings is 1. The van der Waals surface area contributed by atoms with Gasteiger partial charge >= 0.3 is 0 Å². The van der Waals surface area contributed by atoms with Gasteiger partial charge in [0.05, 0.1) is 24.2 Å². The summed E-state index contributed by atoms with van der Waals surface area (Å²) in [6.45, 7) is 5.53. The third kappa shape index (κ3) is 1.92. The fourth-order valence-electron chi connectivity index (χ4n) is 4.26. The molecule has 2 aliphatic rings. The molecule has 0 bridgehead atoms. The van der Waals surface area contributed by atoms with Crippen molar-refractivity contribution in [1.29, 1.82) is 10.5 Å². The molecular formula is C19H19N3O. The smallest absolute Gasteiger partial charge is 0.172 e. The quantitative estimate of drug-likeness (QED) is 0.841. The molecule has 0 N–H and O–H groups in total. The first kappa shape index (κ1) is 15.3. The molecule has 0 amide bonds. The second-order valence-electron chi connectivity index (χ2n) is 6.69. The maximum absolute atomic E-state index is 12.5. The zero-order valence-corrected chi connectivity index (χ0v) is 13.5. The fourth-order valence-corrected chi connectivity index (χ4v) is 4.26. The number of carbonyl (C=O) groups is 1. The van der Waals surface area contributed by atoms with Crippen LogP contribution in [-0.4, -0.2) is 17.9 Å². The monoisotopic (exact) mass is 305 g/mol. The second-order valence-corrected chi connectivity index (χ2v) is 6.69. The van der Waals surface area contributed by atoms with Gasteiger partial charge in [-0.3, -0.25) is 4.79 Å². The van der Waals surface area contributed by atoms with Crippen LogP contribution in [0.2, 0.25) is 0 Å². The Morgan fingerprint density at radius 1 is 1.26 bits per heavy atom. The molecule has 0 radical (unpaired) electrons. The summed E-state index contributed by atoms with van der Waals surface area (Å²) in [5, 5.41) is 19.8. The highest BCUT2D eigenvalue weighted by Crippen LogP contribution is 2.53. The highest BCUT2D eigenvalue weighted by molar-refractivity contribution is 5.90. The molecule has 0 spiro atoms. The molecule has 116 valence electrons. The predicted octanol–water partition coefficient (Wildman–Crippen LogP) is 3.17. The maximum atomic E-state index is 12.5. The lowest BCUT2D eigenvalue weighted by Crippen LogP contribution is -2.44. The lowest BCUT2D eigenvalue weighted by atomic mass is 9.68. The molecule has 23 heavy (non-hydrogen) atoms. The van der Waals surface area contributed by atoms with Crippen molar-refractivity contribution in [2.45, 2.75) is 32.9 Å². The van der Waals surface area contributed by atoms with E-state index in [2.05, 4.69) is 12.1 Å². The number of anilines is 1. The van der Waals surface area contributed by atoms with E-state index in [0.717, 1.165) is 11.3 Å². The van der Waals surface area contributed by atoms with E-state index in [0.29, 0.717) is 0 Å². The number of hydrogen-bond acceptors (Lipinski definition) is 4. The molecule has 1 fully saturated rings. The lowest BCUT2D eigenvalue weighted by molar-refractivity contribution is -0.119. The number of rotatable bonds is 2. The Labute approximate surface area is 136 Å². The minimum absolute atomic E-state index is 0.00572. The molecule has 0 saturated carbocycles. The average molecular weight is 305 g/mol. The minimum Gasteiger partial charge on any atom is -0.351 e. The summed E-state index contributed by atoms with van der Waals surface area (Å²) in [6, 6.07) is 11.5. The van der Waals surface area contributed by atoms with Crippen LogP contribution in [0.25, 0.3) is 6.08 Å². The SMILES string of the molecule is CC(=O)[C@@H]1[C@H](C(C)C)C(C#N)(C#N)[C@@H]2C=Cc3ccccc3N12. The van der Waals surface area contributed by atoms with Gasteiger partial charge in [-0.2, -0.15) is 10.5 Å². The lowest BCUT2D eigenvalue weighted by Gasteiger charge is -2.35. The van der Waals surface area contributed by atoms with Crippen molar-refractivity contribution in [3.8, 4) is 12.1 Å². The molecule has 0 unspecified atom stereocenters. The molecule has 2 aliphatic heterocycles. The summed E-state index contributed by atoms with van der Waals surface area (Å²) < 4.78 is 0. The Balaban J connectivity index is 2.28. The zero-order chi connectivity index (χ0) is 16.8. The number of hydrogen-bond donors (Lipinski definition) is 0. The summed E-state index contributed by atoms with van der Waals surface area (Å²) in [7, 11) is 0. The number of carbonyl (C=O) groups excluding carboxylic acids is 1. The van der Waals surface area contributed by atoms with Crippen molar-refractivity contribution in [3.05, 3.63) is 35.9 Å². The minimum atomic E-state index is -1.21. The maximum Gasteiger partial charge on any atom is 0.172 e. The van der Waals surface area contributed by atoms with Gasteiger partial charge in [-0.15, -0.1) is 0 Å². The molecule has 2 heterocycles. The predicted molar refractivity (Wildman–Crippen MR) is 88.2 cm³/mol. The molecular weight excluding hydrogens is 286 g/mol. The molecule has 3 rings (SSSR count). The number of ketones is 1. The van der Waals surface area contributed by atoms with Crippen LogP contribution in [0, 0.1) is 39.9 Å². The van der Waals surface area contributed by atoms with Gasteiger partial charge in [0.1, 0.15) is 0 Å². The van der Waals surface area contributed by atoms with Gasteiger partial charge in [-0.05, 0) is 24.5 Å². The van der Waals surface area contributed by atoms with Crippen LogP contribution in [0.3, 0.4) is 0 Å². The van der Waals surface area contributed by atoms with Crippen LogP contribution in [0.5, 0.6) is 0 Å². The van der Waals surface area contributed by atoms with Crippen LogP contribution >= 0.6 is 0 Å². The molecule has 4 heteroatoms. The van der Waals surface area contributed by atoms with Crippen LogP contribution in [-0.2, 0) is 4.79 Å². The summed E-state index contributed by atoms with van der Waals surface area (Å²) >= 11 is 0. The molecule has 1 aromatic carbocycles. The Hall–Kier alpha value is -2.59. The van der Waals surface area contributed by atoms with Crippen LogP contribution in [0.1, 0.15) is 26.3 Å². The summed E-state index contributed by atoms with van der Waals surface area (Å²) in [6.07, 6.45) is 3.87. The van der Waals surface area contributed by atoms with Crippen LogP contribution in [0.4, 0.5) is 5.69 Å². The van der Waals surface area contributed by atoms with Crippen molar-refractivity contribution in [3.63, 3.8) is 0 Å². The van der Waals surface area contributed by atoms with E-state index in [4.69, 9.17) is 0 Å². The standard InChI is InChI=1S/C19H19N3O/c1-12(2)17-18(13(3)23)22-15-7-5-4-6-14(15)8-9-16(22)19(17,10-20)11-21/h4-9,12,16-18H,1-3H3/t16-,17-,18+/m0/s1. The summed E-state index contributed by atoms with van der Waals surface area (Å²) in [4.78, 5) is 14.5. The van der Waals surface area contributed by atoms with Gasteiger partial charge in [0, 0.05) is 11.6 Å². The third-order valence-corrected chi connectivity index (χ3v) is 5.11. The normalized spacial score (nSPS) is 27.0. The van der Waals surface area contributed by atoms with Gasteiger partial charge in [0.25, 0.3) is 0 Å². The highest BCUT2D eigenvalue weighted by Gasteiger charge is 2.62. The molecule has 1 saturated heterocycles. The largest absolute Gasteiger partial charge is 0.351 e. The molecule has 4 nitrogen and oxygen atoms in total. The number of para-hydroxylation sites is 1. The van der Waals surface area contributed by atoms with E-state index in [1.54, 1.807) is 6.92 Å². The van der Waals surface area contributed by atoms with Gasteiger partial charge in [0.15, 0.2) is 11.2 Å². The van der Waals surface area contributed by atoms with E-state index in [1.165, 1.54) is 0 Å². The summed E-state index contributed by atoms with van der Waals surface area (Å²) in [5.74, 6) is -0.267. The van der Waals surface area contributed by atoms with Crippen LogP contribution in [0.15, 0.2) is 30.3 Å². The van der Waals surface area contributed by atoms with E-state index in [-0.39, 0.29) is 17.6 Å². The first-order valence-corrected chi connectivity index (χ1v) is 7.86. The van der Waals surface area contributed by atoms with Gasteiger partial charge in [-0.1, -0.05) is 44.2 Å². The third-order valence-electron chi connectivity index (χ3n) is 5.11. The Morgan fingerprint density at radius 3 is 2.48 bits per heavy atom. The number of fused-ring (bicyclic) bond motifs is 3. The first-order valence-electron chi connectivity index (χ1n) is 7.86. The molecule has 3 atom stereocenters. The zero-order valence-electron chi connectivity index (χ0n) is 13.5. The molecule has 0 aliphatic carbocycles.